The van der Waals surface area contributed by atoms with E-state index in [0.717, 1.165) is 16.5 Å². The number of hydrogen-bond acceptors (Lipinski definition) is 5. The summed E-state index contributed by atoms with van der Waals surface area (Å²) in [7, 11) is 0. The minimum Gasteiger partial charge on any atom is -0.507 e. The van der Waals surface area contributed by atoms with Crippen molar-refractivity contribution in [2.45, 2.75) is 13.5 Å². The Morgan fingerprint density at radius 3 is 2.70 bits per heavy atom. The van der Waals surface area contributed by atoms with Crippen LogP contribution in [0.5, 0.6) is 5.75 Å². The maximum atomic E-state index is 12.1. The second-order valence-corrected chi connectivity index (χ2v) is 5.75. The lowest BCUT2D eigenvalue weighted by Crippen LogP contribution is -2.17. The Hall–Kier alpha value is -3.61. The number of para-hydroxylation sites is 2. The summed E-state index contributed by atoms with van der Waals surface area (Å²) in [5.74, 6) is -0.953. The van der Waals surface area contributed by atoms with E-state index in [9.17, 15) is 14.7 Å². The van der Waals surface area contributed by atoms with Crippen molar-refractivity contribution in [2.75, 3.05) is 6.61 Å². The van der Waals surface area contributed by atoms with Crippen LogP contribution in [0.25, 0.3) is 10.9 Å². The number of hydrogen-bond donors (Lipinski definition) is 2. The van der Waals surface area contributed by atoms with Crippen LogP contribution in [-0.2, 0) is 16.1 Å². The molecule has 1 aromatic heterocycles. The average Bonchev–Trinajstić information content (AvgIpc) is 3.00. The van der Waals surface area contributed by atoms with Crippen LogP contribution in [0, 0.1) is 0 Å². The van der Waals surface area contributed by atoms with Crippen LogP contribution in [0.4, 0.5) is 0 Å². The van der Waals surface area contributed by atoms with Crippen molar-refractivity contribution < 1.29 is 19.4 Å². The second-order valence-electron chi connectivity index (χ2n) is 5.75. The van der Waals surface area contributed by atoms with Crippen molar-refractivity contribution in [3.63, 3.8) is 0 Å². The van der Waals surface area contributed by atoms with Gasteiger partial charge in [0.2, 0.25) is 0 Å². The molecule has 7 nitrogen and oxygen atoms in total. The quantitative estimate of drug-likeness (QED) is 0.399. The number of aromatic nitrogens is 1. The third-order valence-corrected chi connectivity index (χ3v) is 3.94. The molecule has 0 aliphatic carbocycles. The lowest BCUT2D eigenvalue weighted by Gasteiger charge is -2.04. The smallest absolute Gasteiger partial charge is 0.325 e. The lowest BCUT2D eigenvalue weighted by atomic mass is 10.2. The van der Waals surface area contributed by atoms with Gasteiger partial charge in [-0.1, -0.05) is 30.3 Å². The highest BCUT2D eigenvalue weighted by atomic mass is 16.5. The first-order chi connectivity index (χ1) is 13.1. The van der Waals surface area contributed by atoms with Crippen LogP contribution in [0.15, 0.2) is 59.8 Å². The van der Waals surface area contributed by atoms with E-state index in [1.165, 1.54) is 18.3 Å². The summed E-state index contributed by atoms with van der Waals surface area (Å²) >= 11 is 0. The Bertz CT molecular complexity index is 1010. The molecule has 138 valence electrons. The standard InChI is InChI=1S/C20H19N3O4/c1-2-27-19(25)13-23-12-14(15-7-3-5-9-17(15)23)11-21-22-20(26)16-8-4-6-10-18(16)24/h3-12,24H,2,13H2,1H3,(H,22,26)/b21-11-. The largest absolute Gasteiger partial charge is 0.507 e. The molecule has 1 amide bonds. The molecule has 0 atom stereocenters. The Morgan fingerprint density at radius 2 is 1.93 bits per heavy atom. The second kappa shape index (κ2) is 8.18. The fourth-order valence-corrected chi connectivity index (χ4v) is 2.74. The van der Waals surface area contributed by atoms with Crippen LogP contribution in [0.1, 0.15) is 22.8 Å². The summed E-state index contributed by atoms with van der Waals surface area (Å²) in [6.45, 7) is 2.17. The summed E-state index contributed by atoms with van der Waals surface area (Å²) in [6, 6.07) is 13.8. The predicted octanol–water partition coefficient (Wildman–Crippen LogP) is 2.67. The molecule has 0 radical (unpaired) electrons. The van der Waals surface area contributed by atoms with Crippen molar-refractivity contribution in [2.24, 2.45) is 5.10 Å². The first-order valence-corrected chi connectivity index (χ1v) is 8.45. The van der Waals surface area contributed by atoms with Crippen molar-refractivity contribution in [1.29, 1.82) is 0 Å². The lowest BCUT2D eigenvalue weighted by molar-refractivity contribution is -0.143. The first-order valence-electron chi connectivity index (χ1n) is 8.45. The number of phenolic OH excluding ortho intramolecular Hbond substituents is 1. The Labute approximate surface area is 155 Å². The van der Waals surface area contributed by atoms with Gasteiger partial charge in [0.1, 0.15) is 12.3 Å². The minimum absolute atomic E-state index is 0.0897. The van der Waals surface area contributed by atoms with Gasteiger partial charge in [-0.05, 0) is 25.1 Å². The molecule has 7 heteroatoms. The Balaban J connectivity index is 1.80. The number of aromatic hydroxyl groups is 1. The van der Waals surface area contributed by atoms with E-state index in [0.29, 0.717) is 6.61 Å². The number of amides is 1. The molecule has 0 fully saturated rings. The van der Waals surface area contributed by atoms with Gasteiger partial charge in [-0.15, -0.1) is 0 Å². The number of phenols is 1. The topological polar surface area (TPSA) is 92.9 Å². The Morgan fingerprint density at radius 1 is 1.19 bits per heavy atom. The third kappa shape index (κ3) is 4.14. The number of fused-ring (bicyclic) bond motifs is 1. The molecule has 3 rings (SSSR count). The van der Waals surface area contributed by atoms with Gasteiger partial charge < -0.3 is 14.4 Å². The van der Waals surface area contributed by atoms with Crippen LogP contribution < -0.4 is 5.43 Å². The molecule has 2 aromatic carbocycles. The van der Waals surface area contributed by atoms with E-state index in [1.54, 1.807) is 29.8 Å². The molecule has 2 N–H and O–H groups in total. The number of hydrazone groups is 1. The monoisotopic (exact) mass is 365 g/mol. The van der Waals surface area contributed by atoms with E-state index in [-0.39, 0.29) is 23.8 Å². The number of carbonyl (C=O) groups excluding carboxylic acids is 2. The summed E-state index contributed by atoms with van der Waals surface area (Å²) in [5.41, 5.74) is 4.13. The van der Waals surface area contributed by atoms with Crippen molar-refractivity contribution in [1.82, 2.24) is 9.99 Å². The van der Waals surface area contributed by atoms with Gasteiger partial charge >= 0.3 is 5.97 Å². The number of ether oxygens (including phenoxy) is 1. The molecule has 0 saturated heterocycles. The van der Waals surface area contributed by atoms with Gasteiger partial charge in [0.15, 0.2) is 0 Å². The number of benzene rings is 2. The SMILES string of the molecule is CCOC(=O)Cn1cc(/C=N\NC(=O)c2ccccc2O)c2ccccc21. The molecule has 1 heterocycles. The summed E-state index contributed by atoms with van der Waals surface area (Å²) < 4.78 is 6.78. The molecular formula is C20H19N3O4. The fourth-order valence-electron chi connectivity index (χ4n) is 2.74. The van der Waals surface area contributed by atoms with E-state index < -0.39 is 5.91 Å². The molecule has 0 unspecified atom stereocenters. The number of nitrogens with one attached hydrogen (secondary N) is 1. The van der Waals surface area contributed by atoms with Crippen LogP contribution >= 0.6 is 0 Å². The maximum absolute atomic E-state index is 12.1. The molecule has 0 saturated carbocycles. The number of carbonyl (C=O) groups is 2. The highest BCUT2D eigenvalue weighted by molar-refractivity contribution is 6.01. The summed E-state index contributed by atoms with van der Waals surface area (Å²) in [6.07, 6.45) is 3.28. The zero-order valence-electron chi connectivity index (χ0n) is 14.8. The molecule has 0 bridgehead atoms. The van der Waals surface area contributed by atoms with Crippen LogP contribution in [-0.4, -0.2) is 34.4 Å². The summed E-state index contributed by atoms with van der Waals surface area (Å²) in [4.78, 5) is 23.9. The summed E-state index contributed by atoms with van der Waals surface area (Å²) in [5, 5.41) is 14.6. The van der Waals surface area contributed by atoms with Gasteiger partial charge in [0, 0.05) is 22.7 Å². The molecule has 3 aromatic rings. The number of esters is 1. The maximum Gasteiger partial charge on any atom is 0.325 e. The van der Waals surface area contributed by atoms with Crippen LogP contribution in [0.2, 0.25) is 0 Å². The van der Waals surface area contributed by atoms with Gasteiger partial charge in [0.25, 0.3) is 5.91 Å². The molecular weight excluding hydrogens is 346 g/mol. The first kappa shape index (κ1) is 18.2. The zero-order valence-corrected chi connectivity index (χ0v) is 14.8. The fraction of sp³-hybridized carbons (Fsp3) is 0.150. The van der Waals surface area contributed by atoms with Crippen LogP contribution in [0.3, 0.4) is 0 Å². The van der Waals surface area contributed by atoms with E-state index in [1.807, 2.05) is 24.3 Å². The van der Waals surface area contributed by atoms with E-state index in [2.05, 4.69) is 10.5 Å². The highest BCUT2D eigenvalue weighted by Crippen LogP contribution is 2.20. The number of rotatable bonds is 6. The highest BCUT2D eigenvalue weighted by Gasteiger charge is 2.11. The van der Waals surface area contributed by atoms with Gasteiger partial charge in [-0.3, -0.25) is 9.59 Å². The zero-order chi connectivity index (χ0) is 19.2. The predicted molar refractivity (Wildman–Crippen MR) is 102 cm³/mol. The van der Waals surface area contributed by atoms with E-state index in [4.69, 9.17) is 4.74 Å². The number of nitrogens with zero attached hydrogens (tertiary/aromatic N) is 2. The average molecular weight is 365 g/mol. The van der Waals surface area contributed by atoms with Gasteiger partial charge in [-0.25, -0.2) is 5.43 Å². The third-order valence-electron chi connectivity index (χ3n) is 3.94. The molecule has 27 heavy (non-hydrogen) atoms. The molecule has 0 aliphatic rings. The van der Waals surface area contributed by atoms with Crippen molar-refractivity contribution in [3.05, 3.63) is 65.9 Å². The minimum atomic E-state index is -0.514. The normalized spacial score (nSPS) is 11.0. The van der Waals surface area contributed by atoms with Gasteiger partial charge in [0.05, 0.1) is 18.4 Å². The molecule has 0 aliphatic heterocycles. The van der Waals surface area contributed by atoms with Crippen molar-refractivity contribution in [3.8, 4) is 5.75 Å². The molecule has 0 spiro atoms. The Kier molecular flexibility index (Phi) is 5.51. The van der Waals surface area contributed by atoms with Crippen molar-refractivity contribution >= 4 is 29.0 Å². The van der Waals surface area contributed by atoms with E-state index >= 15 is 0 Å². The van der Waals surface area contributed by atoms with Gasteiger partial charge in [-0.2, -0.15) is 5.10 Å².